The quantitative estimate of drug-likeness (QED) is 0.327. The average Bonchev–Trinajstić information content (AvgIpc) is 3.08. The summed E-state index contributed by atoms with van der Waals surface area (Å²) in [7, 11) is 1.43. The van der Waals surface area contributed by atoms with E-state index < -0.39 is 17.7 Å². The number of aliphatic hydroxyl groups is 1. The van der Waals surface area contributed by atoms with Gasteiger partial charge in [0.2, 0.25) is 0 Å². The van der Waals surface area contributed by atoms with Gasteiger partial charge in [0.1, 0.15) is 17.3 Å². The molecule has 8 heteroatoms. The number of methoxy groups -OCH3 is 1. The lowest BCUT2D eigenvalue weighted by atomic mass is 9.96. The number of halogens is 2. The first-order valence-electron chi connectivity index (χ1n) is 10.2. The van der Waals surface area contributed by atoms with E-state index in [4.69, 9.17) is 16.3 Å². The van der Waals surface area contributed by atoms with E-state index in [0.29, 0.717) is 22.8 Å². The Morgan fingerprint density at radius 2 is 1.94 bits per heavy atom. The molecule has 1 aliphatic heterocycles. The van der Waals surface area contributed by atoms with Gasteiger partial charge in [0.15, 0.2) is 0 Å². The monoisotopic (exact) mass is 466 g/mol. The zero-order valence-corrected chi connectivity index (χ0v) is 18.4. The van der Waals surface area contributed by atoms with Gasteiger partial charge in [0, 0.05) is 24.0 Å². The Kier molecular flexibility index (Phi) is 6.42. The summed E-state index contributed by atoms with van der Waals surface area (Å²) in [6.07, 6.45) is 3.52. The van der Waals surface area contributed by atoms with Crippen LogP contribution in [0.15, 0.2) is 72.6 Å². The van der Waals surface area contributed by atoms with Gasteiger partial charge < -0.3 is 14.7 Å². The predicted octanol–water partition coefficient (Wildman–Crippen LogP) is 4.55. The molecule has 4 rings (SSSR count). The first-order valence-corrected chi connectivity index (χ1v) is 10.5. The van der Waals surface area contributed by atoms with Crippen molar-refractivity contribution in [2.45, 2.75) is 12.5 Å². The van der Waals surface area contributed by atoms with Crippen LogP contribution >= 0.6 is 11.6 Å². The van der Waals surface area contributed by atoms with Crippen LogP contribution in [0, 0.1) is 5.82 Å². The standard InChI is InChI=1S/C25H20ClFN2O4/c1-33-20-9-6-17(26)13-19(20)23(30)21-22(16-3-2-11-28-14-16)29(25(32)24(21)31)12-10-15-4-7-18(27)8-5-15/h2-9,11,13-14,22,30H,10,12H2,1H3/b23-21+. The van der Waals surface area contributed by atoms with E-state index in [1.165, 1.54) is 30.2 Å². The van der Waals surface area contributed by atoms with Crippen molar-refractivity contribution in [2.24, 2.45) is 0 Å². The summed E-state index contributed by atoms with van der Waals surface area (Å²) in [4.78, 5) is 31.6. The fourth-order valence-corrected chi connectivity index (χ4v) is 4.08. The Morgan fingerprint density at radius 3 is 2.61 bits per heavy atom. The largest absolute Gasteiger partial charge is 0.507 e. The van der Waals surface area contributed by atoms with Crippen molar-refractivity contribution < 1.29 is 23.8 Å². The topological polar surface area (TPSA) is 79.7 Å². The highest BCUT2D eigenvalue weighted by Gasteiger charge is 2.46. The van der Waals surface area contributed by atoms with Crippen LogP contribution in [0.3, 0.4) is 0 Å². The third kappa shape index (κ3) is 4.45. The molecule has 0 bridgehead atoms. The molecule has 1 amide bonds. The number of hydrogen-bond donors (Lipinski definition) is 1. The number of aromatic nitrogens is 1. The maximum absolute atomic E-state index is 13.2. The van der Waals surface area contributed by atoms with Gasteiger partial charge in [-0.15, -0.1) is 0 Å². The number of carbonyl (C=O) groups is 2. The molecule has 3 aromatic rings. The van der Waals surface area contributed by atoms with Gasteiger partial charge in [0.25, 0.3) is 11.7 Å². The Hall–Kier alpha value is -3.71. The third-order valence-corrected chi connectivity index (χ3v) is 5.75. The third-order valence-electron chi connectivity index (χ3n) is 5.51. The minimum atomic E-state index is -0.858. The van der Waals surface area contributed by atoms with Crippen molar-refractivity contribution in [1.82, 2.24) is 9.88 Å². The summed E-state index contributed by atoms with van der Waals surface area (Å²) in [6.45, 7) is 0.180. The van der Waals surface area contributed by atoms with Crippen LogP contribution in [0.1, 0.15) is 22.7 Å². The molecule has 2 heterocycles. The molecule has 2 aromatic carbocycles. The van der Waals surface area contributed by atoms with E-state index in [0.717, 1.165) is 5.56 Å². The molecule has 168 valence electrons. The highest BCUT2D eigenvalue weighted by atomic mass is 35.5. The molecule has 0 spiro atoms. The molecular weight excluding hydrogens is 447 g/mol. The number of benzene rings is 2. The number of aliphatic hydroxyl groups excluding tert-OH is 1. The first kappa shape index (κ1) is 22.5. The summed E-state index contributed by atoms with van der Waals surface area (Å²) in [5.74, 6) is -1.99. The molecule has 1 aliphatic rings. The zero-order chi connectivity index (χ0) is 23.5. The lowest BCUT2D eigenvalue weighted by Gasteiger charge is -2.25. The number of likely N-dealkylation sites (tertiary alicyclic amines) is 1. The minimum absolute atomic E-state index is 0.0762. The first-order chi connectivity index (χ1) is 15.9. The maximum Gasteiger partial charge on any atom is 0.295 e. The molecule has 1 N–H and O–H groups in total. The van der Waals surface area contributed by atoms with E-state index in [1.807, 2.05) is 0 Å². The van der Waals surface area contributed by atoms with E-state index in [2.05, 4.69) is 4.98 Å². The van der Waals surface area contributed by atoms with Crippen molar-refractivity contribution in [1.29, 1.82) is 0 Å². The van der Waals surface area contributed by atoms with E-state index in [1.54, 1.807) is 48.8 Å². The lowest BCUT2D eigenvalue weighted by Crippen LogP contribution is -2.31. The van der Waals surface area contributed by atoms with E-state index in [9.17, 15) is 19.1 Å². The van der Waals surface area contributed by atoms with Gasteiger partial charge >= 0.3 is 0 Å². The second-order valence-electron chi connectivity index (χ2n) is 7.50. The van der Waals surface area contributed by atoms with Gasteiger partial charge in [0.05, 0.1) is 24.3 Å². The number of rotatable bonds is 6. The predicted molar refractivity (Wildman–Crippen MR) is 121 cm³/mol. The molecule has 6 nitrogen and oxygen atoms in total. The Bertz CT molecular complexity index is 1230. The Balaban J connectivity index is 1.80. The average molecular weight is 467 g/mol. The highest BCUT2D eigenvalue weighted by Crippen LogP contribution is 2.41. The number of ketones is 1. The number of amides is 1. The SMILES string of the molecule is COc1ccc(Cl)cc1/C(O)=C1\C(=O)C(=O)N(CCc2ccc(F)cc2)C1c1cccnc1. The number of ether oxygens (including phenoxy) is 1. The van der Waals surface area contributed by atoms with Crippen molar-refractivity contribution >= 4 is 29.1 Å². The highest BCUT2D eigenvalue weighted by molar-refractivity contribution is 6.46. The van der Waals surface area contributed by atoms with Crippen LogP contribution in [0.2, 0.25) is 5.02 Å². The van der Waals surface area contributed by atoms with Crippen LogP contribution in [0.4, 0.5) is 4.39 Å². The number of pyridine rings is 1. The zero-order valence-electron chi connectivity index (χ0n) is 17.7. The Labute approximate surface area is 194 Å². The number of hydrogen-bond acceptors (Lipinski definition) is 5. The summed E-state index contributed by atoms with van der Waals surface area (Å²) in [5.41, 5.74) is 1.50. The van der Waals surface area contributed by atoms with Gasteiger partial charge in [-0.2, -0.15) is 0 Å². The molecule has 0 radical (unpaired) electrons. The van der Waals surface area contributed by atoms with Gasteiger partial charge in [-0.1, -0.05) is 29.8 Å². The molecule has 33 heavy (non-hydrogen) atoms. The smallest absolute Gasteiger partial charge is 0.295 e. The Morgan fingerprint density at radius 1 is 1.18 bits per heavy atom. The molecule has 0 aliphatic carbocycles. The van der Waals surface area contributed by atoms with Crippen LogP contribution in [-0.4, -0.2) is 40.3 Å². The molecule has 1 atom stereocenters. The maximum atomic E-state index is 13.2. The van der Waals surface area contributed by atoms with E-state index >= 15 is 0 Å². The number of nitrogens with zero attached hydrogens (tertiary/aromatic N) is 2. The van der Waals surface area contributed by atoms with Crippen molar-refractivity contribution in [2.75, 3.05) is 13.7 Å². The fraction of sp³-hybridized carbons (Fsp3) is 0.160. The molecule has 1 unspecified atom stereocenters. The molecular formula is C25H20ClFN2O4. The summed E-state index contributed by atoms with van der Waals surface area (Å²) >= 11 is 6.11. The summed E-state index contributed by atoms with van der Waals surface area (Å²) < 4.78 is 18.6. The summed E-state index contributed by atoms with van der Waals surface area (Å²) in [6, 6.07) is 13.1. The number of carbonyl (C=O) groups excluding carboxylic acids is 2. The van der Waals surface area contributed by atoms with Gasteiger partial charge in [-0.3, -0.25) is 14.6 Å². The van der Waals surface area contributed by atoms with Gasteiger partial charge in [-0.25, -0.2) is 4.39 Å². The van der Waals surface area contributed by atoms with Crippen LogP contribution in [-0.2, 0) is 16.0 Å². The minimum Gasteiger partial charge on any atom is -0.507 e. The van der Waals surface area contributed by atoms with Gasteiger partial charge in [-0.05, 0) is 53.9 Å². The number of Topliss-reactive ketones (excluding diaryl/α,β-unsaturated/α-hetero) is 1. The van der Waals surface area contributed by atoms with Crippen molar-refractivity contribution in [3.05, 3.63) is 100 Å². The lowest BCUT2D eigenvalue weighted by molar-refractivity contribution is -0.139. The van der Waals surface area contributed by atoms with Crippen molar-refractivity contribution in [3.63, 3.8) is 0 Å². The van der Waals surface area contributed by atoms with Crippen LogP contribution < -0.4 is 4.74 Å². The van der Waals surface area contributed by atoms with Crippen LogP contribution in [0.5, 0.6) is 5.75 Å². The normalized spacial score (nSPS) is 17.4. The second kappa shape index (κ2) is 9.42. The fourth-order valence-electron chi connectivity index (χ4n) is 3.91. The molecule has 1 fully saturated rings. The van der Waals surface area contributed by atoms with Crippen molar-refractivity contribution in [3.8, 4) is 5.75 Å². The molecule has 1 saturated heterocycles. The second-order valence-corrected chi connectivity index (χ2v) is 7.94. The molecule has 0 saturated carbocycles. The van der Waals surface area contributed by atoms with Crippen LogP contribution in [0.25, 0.3) is 5.76 Å². The summed E-state index contributed by atoms with van der Waals surface area (Å²) in [5, 5.41) is 11.5. The van der Waals surface area contributed by atoms with E-state index in [-0.39, 0.29) is 29.3 Å². The molecule has 1 aromatic heterocycles.